The van der Waals surface area contributed by atoms with Crippen LogP contribution in [0.2, 0.25) is 0 Å². The minimum absolute atomic E-state index is 0.0540. The van der Waals surface area contributed by atoms with Crippen LogP contribution in [0.1, 0.15) is 51.5 Å². The molecule has 0 aliphatic heterocycles. The molecule has 0 unspecified atom stereocenters. The second-order valence-electron chi connectivity index (χ2n) is 7.86. The Kier molecular flexibility index (Phi) is 4.93. The summed E-state index contributed by atoms with van der Waals surface area (Å²) in [6.07, 6.45) is 7.68. The van der Waals surface area contributed by atoms with Crippen molar-refractivity contribution >= 4 is 11.9 Å². The van der Waals surface area contributed by atoms with E-state index in [0.717, 1.165) is 24.8 Å². The van der Waals surface area contributed by atoms with Crippen LogP contribution in [0.25, 0.3) is 0 Å². The number of carboxylic acids is 1. The number of carbonyl (C=O) groups excluding carboxylic acids is 1. The number of carbonyl (C=O) groups is 2. The number of amides is 1. The summed E-state index contributed by atoms with van der Waals surface area (Å²) in [6.45, 7) is 4.78. The van der Waals surface area contributed by atoms with Crippen LogP contribution < -0.4 is 5.32 Å². The van der Waals surface area contributed by atoms with Crippen LogP contribution in [0.4, 0.5) is 0 Å². The van der Waals surface area contributed by atoms with Crippen molar-refractivity contribution in [2.75, 3.05) is 0 Å². The van der Waals surface area contributed by atoms with Gasteiger partial charge in [0.15, 0.2) is 0 Å². The molecule has 0 spiro atoms. The Hall–Kier alpha value is -2.17. The Bertz CT molecular complexity index is 694. The maximum Gasteiger partial charge on any atom is 0.307 e. The molecule has 0 saturated heterocycles. The molecule has 25 heavy (non-hydrogen) atoms. The Labute approximate surface area is 148 Å². The summed E-state index contributed by atoms with van der Waals surface area (Å²) in [5.74, 6) is -2.15. The fourth-order valence-electron chi connectivity index (χ4n) is 4.30. The van der Waals surface area contributed by atoms with E-state index in [1.54, 1.807) is 12.4 Å². The predicted octanol–water partition coefficient (Wildman–Crippen LogP) is 3.32. The van der Waals surface area contributed by atoms with Crippen LogP contribution in [0.15, 0.2) is 35.7 Å². The van der Waals surface area contributed by atoms with E-state index in [1.165, 1.54) is 11.1 Å². The highest BCUT2D eigenvalue weighted by atomic mass is 16.4. The third-order valence-corrected chi connectivity index (χ3v) is 5.74. The molecule has 1 aromatic rings. The molecule has 2 N–H and O–H groups in total. The minimum Gasteiger partial charge on any atom is -0.481 e. The van der Waals surface area contributed by atoms with E-state index in [1.807, 2.05) is 12.1 Å². The van der Waals surface area contributed by atoms with E-state index < -0.39 is 17.8 Å². The van der Waals surface area contributed by atoms with E-state index in [9.17, 15) is 14.7 Å². The topological polar surface area (TPSA) is 79.3 Å². The van der Waals surface area contributed by atoms with Gasteiger partial charge in [-0.05, 0) is 49.1 Å². The summed E-state index contributed by atoms with van der Waals surface area (Å²) in [5, 5.41) is 12.6. The molecule has 5 nitrogen and oxygen atoms in total. The van der Waals surface area contributed by atoms with Crippen molar-refractivity contribution < 1.29 is 14.7 Å². The first kappa shape index (κ1) is 17.6. The number of aliphatic carboxylic acids is 1. The largest absolute Gasteiger partial charge is 0.481 e. The maximum absolute atomic E-state index is 12.7. The van der Waals surface area contributed by atoms with Crippen molar-refractivity contribution in [2.45, 2.75) is 52.5 Å². The first-order valence-corrected chi connectivity index (χ1v) is 8.99. The summed E-state index contributed by atoms with van der Waals surface area (Å²) in [7, 11) is 0. The predicted molar refractivity (Wildman–Crippen MR) is 94.6 cm³/mol. The quantitative estimate of drug-likeness (QED) is 0.823. The van der Waals surface area contributed by atoms with E-state index in [2.05, 4.69) is 24.1 Å². The molecule has 0 fully saturated rings. The molecule has 1 aromatic heterocycles. The SMILES string of the molecule is CC1(C)CCCC2=C1C[C@H](C(=O)O)[C@H](C(=O)NCc1cccnc1)C2. The second kappa shape index (κ2) is 6.98. The molecule has 0 bridgehead atoms. The molecule has 0 saturated carbocycles. The third-order valence-electron chi connectivity index (χ3n) is 5.74. The monoisotopic (exact) mass is 342 g/mol. The number of allylic oxidation sites excluding steroid dienone is 2. The second-order valence-corrected chi connectivity index (χ2v) is 7.86. The van der Waals surface area contributed by atoms with Gasteiger partial charge in [-0.15, -0.1) is 0 Å². The lowest BCUT2D eigenvalue weighted by Crippen LogP contribution is -2.42. The molecule has 2 atom stereocenters. The van der Waals surface area contributed by atoms with Crippen LogP contribution in [0.3, 0.4) is 0 Å². The third kappa shape index (κ3) is 3.75. The van der Waals surface area contributed by atoms with Crippen molar-refractivity contribution in [3.05, 3.63) is 41.2 Å². The first-order chi connectivity index (χ1) is 11.9. The first-order valence-electron chi connectivity index (χ1n) is 8.99. The standard InChI is InChI=1S/C20H26N2O3/c1-20(2)7-3-6-14-9-15(16(19(24)25)10-17(14)20)18(23)22-12-13-5-4-8-21-11-13/h4-5,8,11,15-16H,3,6-7,9-10,12H2,1-2H3,(H,22,23)(H,24,25)/t15-,16+/m1/s1. The number of nitrogens with one attached hydrogen (secondary N) is 1. The molecule has 2 aliphatic rings. The van der Waals surface area contributed by atoms with Gasteiger partial charge in [-0.2, -0.15) is 0 Å². The summed E-state index contributed by atoms with van der Waals surface area (Å²) >= 11 is 0. The molecule has 134 valence electrons. The van der Waals surface area contributed by atoms with Gasteiger partial charge in [0.2, 0.25) is 5.91 Å². The van der Waals surface area contributed by atoms with Gasteiger partial charge in [0.25, 0.3) is 0 Å². The van der Waals surface area contributed by atoms with Gasteiger partial charge in [-0.1, -0.05) is 31.1 Å². The maximum atomic E-state index is 12.7. The highest BCUT2D eigenvalue weighted by Gasteiger charge is 2.43. The zero-order chi connectivity index (χ0) is 18.0. The van der Waals surface area contributed by atoms with Crippen LogP contribution in [0, 0.1) is 17.3 Å². The molecule has 2 aliphatic carbocycles. The fraction of sp³-hybridized carbons (Fsp3) is 0.550. The van der Waals surface area contributed by atoms with Crippen LogP contribution in [-0.4, -0.2) is 22.0 Å². The molecule has 0 aromatic carbocycles. The zero-order valence-electron chi connectivity index (χ0n) is 14.9. The van der Waals surface area contributed by atoms with Crippen LogP contribution in [-0.2, 0) is 16.1 Å². The zero-order valence-corrected chi connectivity index (χ0v) is 14.9. The van der Waals surface area contributed by atoms with E-state index in [-0.39, 0.29) is 11.3 Å². The average molecular weight is 342 g/mol. The van der Waals surface area contributed by atoms with E-state index in [0.29, 0.717) is 19.4 Å². The Morgan fingerprint density at radius 1 is 1.32 bits per heavy atom. The molecule has 5 heteroatoms. The number of hydrogen-bond donors (Lipinski definition) is 2. The van der Waals surface area contributed by atoms with Gasteiger partial charge in [0.05, 0.1) is 11.8 Å². The molecular formula is C20H26N2O3. The molecule has 1 amide bonds. The number of pyridine rings is 1. The van der Waals surface area contributed by atoms with Crippen molar-refractivity contribution in [1.29, 1.82) is 0 Å². The van der Waals surface area contributed by atoms with Gasteiger partial charge in [0, 0.05) is 18.9 Å². The van der Waals surface area contributed by atoms with Crippen molar-refractivity contribution in [1.82, 2.24) is 10.3 Å². The Balaban J connectivity index is 1.76. The number of aromatic nitrogens is 1. The molecule has 1 heterocycles. The normalized spacial score (nSPS) is 25.2. The van der Waals surface area contributed by atoms with Crippen molar-refractivity contribution in [3.63, 3.8) is 0 Å². The van der Waals surface area contributed by atoms with Gasteiger partial charge in [0.1, 0.15) is 0 Å². The molecule has 0 radical (unpaired) electrons. The highest BCUT2D eigenvalue weighted by Crippen LogP contribution is 2.49. The number of nitrogens with zero attached hydrogens (tertiary/aromatic N) is 1. The van der Waals surface area contributed by atoms with E-state index >= 15 is 0 Å². The van der Waals surface area contributed by atoms with Gasteiger partial charge in [-0.25, -0.2) is 0 Å². The lowest BCUT2D eigenvalue weighted by molar-refractivity contribution is -0.147. The summed E-state index contributed by atoms with van der Waals surface area (Å²) in [5.41, 5.74) is 3.56. The number of carboxylic acid groups (broad SMARTS) is 1. The van der Waals surface area contributed by atoms with Crippen LogP contribution >= 0.6 is 0 Å². The number of rotatable bonds is 4. The Morgan fingerprint density at radius 3 is 2.80 bits per heavy atom. The molecule has 3 rings (SSSR count). The minimum atomic E-state index is -0.866. The lowest BCUT2D eigenvalue weighted by atomic mass is 9.63. The summed E-state index contributed by atoms with van der Waals surface area (Å²) in [4.78, 5) is 28.6. The molecular weight excluding hydrogens is 316 g/mol. The van der Waals surface area contributed by atoms with E-state index in [4.69, 9.17) is 0 Å². The number of hydrogen-bond acceptors (Lipinski definition) is 3. The fourth-order valence-corrected chi connectivity index (χ4v) is 4.30. The van der Waals surface area contributed by atoms with Gasteiger partial charge < -0.3 is 10.4 Å². The van der Waals surface area contributed by atoms with Crippen molar-refractivity contribution in [3.8, 4) is 0 Å². The smallest absolute Gasteiger partial charge is 0.307 e. The summed E-state index contributed by atoms with van der Waals surface area (Å²) in [6, 6.07) is 3.72. The van der Waals surface area contributed by atoms with Gasteiger partial charge >= 0.3 is 5.97 Å². The lowest BCUT2D eigenvalue weighted by Gasteiger charge is -2.42. The van der Waals surface area contributed by atoms with Crippen LogP contribution in [0.5, 0.6) is 0 Å². The summed E-state index contributed by atoms with van der Waals surface area (Å²) < 4.78 is 0. The average Bonchev–Trinajstić information content (AvgIpc) is 2.59. The van der Waals surface area contributed by atoms with Gasteiger partial charge in [-0.3, -0.25) is 14.6 Å². The van der Waals surface area contributed by atoms with Crippen molar-refractivity contribution in [2.24, 2.45) is 17.3 Å². The Morgan fingerprint density at radius 2 is 2.12 bits per heavy atom. The highest BCUT2D eigenvalue weighted by molar-refractivity contribution is 5.85.